The summed E-state index contributed by atoms with van der Waals surface area (Å²) in [6, 6.07) is 3.90. The fourth-order valence-corrected chi connectivity index (χ4v) is 2.82. The maximum absolute atomic E-state index is 13.1. The van der Waals surface area contributed by atoms with Crippen molar-refractivity contribution in [1.29, 1.82) is 0 Å². The highest BCUT2D eigenvalue weighted by Crippen LogP contribution is 2.19. The fourth-order valence-electron chi connectivity index (χ4n) is 2.64. The van der Waals surface area contributed by atoms with Gasteiger partial charge in [0.1, 0.15) is 18.2 Å². The number of carbonyl (C=O) groups is 1. The van der Waals surface area contributed by atoms with E-state index in [0.717, 1.165) is 31.5 Å². The Balaban J connectivity index is 1.73. The number of fused-ring (bicyclic) bond motifs is 1. The molecule has 1 aromatic carbocycles. The predicted octanol–water partition coefficient (Wildman–Crippen LogP) is 2.20. The lowest BCUT2D eigenvalue weighted by atomic mass is 10.2. The molecule has 3 rings (SSSR count). The molecule has 0 saturated carbocycles. The normalized spacial score (nSPS) is 14.2. The number of benzene rings is 1. The quantitative estimate of drug-likeness (QED) is 0.932. The van der Waals surface area contributed by atoms with E-state index in [1.807, 2.05) is 0 Å². The largest absolute Gasteiger partial charge is 0.346 e. The summed E-state index contributed by atoms with van der Waals surface area (Å²) in [6.07, 6.45) is 3.77. The van der Waals surface area contributed by atoms with E-state index in [2.05, 4.69) is 10.4 Å². The number of hydrogen-bond donors (Lipinski definition) is 1. The zero-order valence-corrected chi connectivity index (χ0v) is 13.1. The van der Waals surface area contributed by atoms with Crippen LogP contribution in [0, 0.1) is 5.82 Å². The van der Waals surface area contributed by atoms with Crippen LogP contribution in [0.5, 0.6) is 0 Å². The molecule has 0 aliphatic carbocycles. The number of aromatic nitrogens is 3. The molecule has 0 unspecified atom stereocenters. The Hall–Kier alpha value is -2.15. The minimum atomic E-state index is -0.557. The van der Waals surface area contributed by atoms with Crippen LogP contribution in [-0.4, -0.2) is 20.3 Å². The minimum absolute atomic E-state index is 0.0753. The molecule has 0 saturated heterocycles. The van der Waals surface area contributed by atoms with Crippen LogP contribution in [0.25, 0.3) is 0 Å². The number of rotatable bonds is 3. The number of amides is 1. The fraction of sp³-hybridized carbons (Fsp3) is 0.400. The van der Waals surface area contributed by atoms with E-state index in [0.29, 0.717) is 12.2 Å². The molecule has 2 aromatic rings. The van der Waals surface area contributed by atoms with E-state index in [4.69, 9.17) is 11.6 Å². The topological polar surface area (TPSA) is 68.9 Å². The van der Waals surface area contributed by atoms with Crippen LogP contribution in [-0.2, 0) is 24.3 Å². The highest BCUT2D eigenvalue weighted by atomic mass is 35.5. The third-order valence-corrected chi connectivity index (χ3v) is 4.07. The monoisotopic (exact) mass is 338 g/mol. The van der Waals surface area contributed by atoms with E-state index in [-0.39, 0.29) is 17.3 Å². The van der Waals surface area contributed by atoms with Gasteiger partial charge in [0.05, 0.1) is 5.02 Å². The summed E-state index contributed by atoms with van der Waals surface area (Å²) < 4.78 is 15.9. The van der Waals surface area contributed by atoms with Gasteiger partial charge in [-0.15, -0.1) is 0 Å². The van der Waals surface area contributed by atoms with E-state index < -0.39 is 11.7 Å². The molecule has 0 atom stereocenters. The van der Waals surface area contributed by atoms with Gasteiger partial charge in [-0.2, -0.15) is 5.10 Å². The summed E-state index contributed by atoms with van der Waals surface area (Å²) >= 11 is 5.67. The minimum Gasteiger partial charge on any atom is -0.324 e. The molecular weight excluding hydrogens is 323 g/mol. The van der Waals surface area contributed by atoms with Crippen molar-refractivity contribution < 1.29 is 9.18 Å². The molecule has 1 aliphatic rings. The van der Waals surface area contributed by atoms with Crippen LogP contribution < -0.4 is 11.0 Å². The molecule has 2 heterocycles. The molecule has 1 aromatic heterocycles. The van der Waals surface area contributed by atoms with Crippen LogP contribution in [0.4, 0.5) is 10.1 Å². The lowest BCUT2D eigenvalue weighted by molar-refractivity contribution is -0.117. The van der Waals surface area contributed by atoms with Crippen molar-refractivity contribution in [2.24, 2.45) is 0 Å². The van der Waals surface area contributed by atoms with Crippen LogP contribution in [0.15, 0.2) is 23.0 Å². The zero-order chi connectivity index (χ0) is 16.4. The molecular formula is C15H16ClFN4O2. The van der Waals surface area contributed by atoms with Crippen molar-refractivity contribution in [2.45, 2.75) is 38.8 Å². The number of anilines is 1. The second-order valence-electron chi connectivity index (χ2n) is 5.50. The van der Waals surface area contributed by atoms with E-state index in [9.17, 15) is 14.0 Å². The summed E-state index contributed by atoms with van der Waals surface area (Å²) in [5.41, 5.74) is 0.101. The highest BCUT2D eigenvalue weighted by molar-refractivity contribution is 6.31. The van der Waals surface area contributed by atoms with Gasteiger partial charge in [0.25, 0.3) is 0 Å². The summed E-state index contributed by atoms with van der Waals surface area (Å²) in [5.74, 6) is -0.244. The highest BCUT2D eigenvalue weighted by Gasteiger charge is 2.17. The first-order valence-electron chi connectivity index (χ1n) is 7.46. The third-order valence-electron chi connectivity index (χ3n) is 3.78. The van der Waals surface area contributed by atoms with Crippen LogP contribution in [0.2, 0.25) is 5.02 Å². The van der Waals surface area contributed by atoms with Crippen LogP contribution in [0.3, 0.4) is 0 Å². The summed E-state index contributed by atoms with van der Waals surface area (Å²) in [6.45, 7) is 0.456. The van der Waals surface area contributed by atoms with Gasteiger partial charge < -0.3 is 5.32 Å². The Labute approximate surface area is 136 Å². The van der Waals surface area contributed by atoms with Gasteiger partial charge in [-0.1, -0.05) is 18.0 Å². The Kier molecular flexibility index (Phi) is 4.47. The zero-order valence-electron chi connectivity index (χ0n) is 12.4. The number of aryl methyl sites for hydroxylation is 1. The molecule has 1 aliphatic heterocycles. The first-order chi connectivity index (χ1) is 11.0. The Bertz CT molecular complexity index is 799. The second kappa shape index (κ2) is 6.54. The maximum atomic E-state index is 13.1. The van der Waals surface area contributed by atoms with E-state index in [1.165, 1.54) is 22.9 Å². The molecule has 6 nitrogen and oxygen atoms in total. The molecule has 0 spiro atoms. The van der Waals surface area contributed by atoms with E-state index >= 15 is 0 Å². The van der Waals surface area contributed by atoms with Gasteiger partial charge in [0.2, 0.25) is 5.91 Å². The average Bonchev–Trinajstić information content (AvgIpc) is 2.68. The summed E-state index contributed by atoms with van der Waals surface area (Å²) in [4.78, 5) is 24.3. The van der Waals surface area contributed by atoms with Crippen molar-refractivity contribution in [3.8, 4) is 0 Å². The van der Waals surface area contributed by atoms with Crippen molar-refractivity contribution in [3.63, 3.8) is 0 Å². The summed E-state index contributed by atoms with van der Waals surface area (Å²) in [7, 11) is 0. The lowest BCUT2D eigenvalue weighted by Gasteiger charge is -2.05. The molecule has 1 N–H and O–H groups in total. The molecule has 122 valence electrons. The van der Waals surface area contributed by atoms with Crippen molar-refractivity contribution in [3.05, 3.63) is 45.3 Å². The molecule has 23 heavy (non-hydrogen) atoms. The second-order valence-corrected chi connectivity index (χ2v) is 5.90. The third kappa shape index (κ3) is 3.44. The molecule has 8 heteroatoms. The lowest BCUT2D eigenvalue weighted by Crippen LogP contribution is -2.30. The van der Waals surface area contributed by atoms with E-state index in [1.54, 1.807) is 4.57 Å². The Morgan fingerprint density at radius 1 is 1.35 bits per heavy atom. The predicted molar refractivity (Wildman–Crippen MR) is 84.1 cm³/mol. The van der Waals surface area contributed by atoms with Gasteiger partial charge in [0.15, 0.2) is 0 Å². The van der Waals surface area contributed by atoms with Crippen LogP contribution in [0.1, 0.15) is 25.1 Å². The SMILES string of the molecule is O=C(Cn1nc2n(c1=O)CCCCC2)Nc1ccc(F)c(Cl)c1. The molecule has 1 amide bonds. The number of nitrogens with zero attached hydrogens (tertiary/aromatic N) is 3. The molecule has 0 fully saturated rings. The van der Waals surface area contributed by atoms with Crippen LogP contribution >= 0.6 is 11.6 Å². The van der Waals surface area contributed by atoms with Gasteiger partial charge in [-0.25, -0.2) is 13.9 Å². The van der Waals surface area contributed by atoms with Crippen molar-refractivity contribution in [1.82, 2.24) is 14.3 Å². The number of nitrogens with one attached hydrogen (secondary N) is 1. The van der Waals surface area contributed by atoms with Crippen molar-refractivity contribution in [2.75, 3.05) is 5.32 Å². The average molecular weight is 339 g/mol. The summed E-state index contributed by atoms with van der Waals surface area (Å²) in [5, 5.41) is 6.75. The first-order valence-corrected chi connectivity index (χ1v) is 7.84. The van der Waals surface area contributed by atoms with Gasteiger partial charge in [0, 0.05) is 18.7 Å². The standard InChI is InChI=1S/C15H16ClFN4O2/c16-11-8-10(5-6-12(11)17)18-14(22)9-21-15(23)20-7-3-1-2-4-13(20)19-21/h5-6,8H,1-4,7,9H2,(H,18,22). The Morgan fingerprint density at radius 3 is 2.96 bits per heavy atom. The smallest absolute Gasteiger partial charge is 0.324 e. The first kappa shape index (κ1) is 15.7. The molecule has 0 bridgehead atoms. The number of carbonyl (C=O) groups excluding carboxylic acids is 1. The van der Waals surface area contributed by atoms with Gasteiger partial charge in [-0.05, 0) is 31.0 Å². The number of halogens is 2. The Morgan fingerprint density at radius 2 is 2.17 bits per heavy atom. The molecule has 0 radical (unpaired) electrons. The maximum Gasteiger partial charge on any atom is 0.346 e. The van der Waals surface area contributed by atoms with Gasteiger partial charge >= 0.3 is 5.69 Å². The van der Waals surface area contributed by atoms with Crippen molar-refractivity contribution >= 4 is 23.2 Å². The number of hydrogen-bond acceptors (Lipinski definition) is 3. The van der Waals surface area contributed by atoms with Gasteiger partial charge in [-0.3, -0.25) is 9.36 Å².